The third-order valence-electron chi connectivity index (χ3n) is 4.59. The van der Waals surface area contributed by atoms with E-state index in [0.717, 1.165) is 19.3 Å². The third kappa shape index (κ3) is 5.09. The minimum absolute atomic E-state index is 0.112. The molecule has 2 atom stereocenters. The maximum Gasteiger partial charge on any atom is 0.257 e. The molecule has 7 nitrogen and oxygen atoms in total. The van der Waals surface area contributed by atoms with Crippen molar-refractivity contribution in [2.24, 2.45) is 11.7 Å². The number of methoxy groups -OCH3 is 1. The Balaban J connectivity index is 2.05. The van der Waals surface area contributed by atoms with Crippen molar-refractivity contribution in [1.82, 2.24) is 10.6 Å². The number of likely N-dealkylation sites (N-methyl/N-ethyl adjacent to an activating group) is 1. The van der Waals surface area contributed by atoms with Gasteiger partial charge < -0.3 is 25.8 Å². The zero-order valence-electron chi connectivity index (χ0n) is 14.8. The minimum Gasteiger partial charge on any atom is -0.493 e. The summed E-state index contributed by atoms with van der Waals surface area (Å²) in [5.74, 6) is 0.765. The second kappa shape index (κ2) is 9.27. The van der Waals surface area contributed by atoms with Crippen LogP contribution in [0.3, 0.4) is 0 Å². The number of rotatable bonds is 7. The lowest BCUT2D eigenvalue weighted by Gasteiger charge is -2.31. The Morgan fingerprint density at radius 1 is 1.24 bits per heavy atom. The van der Waals surface area contributed by atoms with E-state index >= 15 is 0 Å². The van der Waals surface area contributed by atoms with Crippen molar-refractivity contribution in [3.05, 3.63) is 23.8 Å². The van der Waals surface area contributed by atoms with E-state index in [9.17, 15) is 9.59 Å². The molecular formula is C18H27N3O4. The fraction of sp³-hybridized carbons (Fsp3) is 0.556. The number of hydrogen-bond acceptors (Lipinski definition) is 5. The summed E-state index contributed by atoms with van der Waals surface area (Å²) in [5, 5.41) is 5.57. The molecule has 2 unspecified atom stereocenters. The van der Waals surface area contributed by atoms with Crippen LogP contribution in [0.4, 0.5) is 0 Å². The summed E-state index contributed by atoms with van der Waals surface area (Å²) in [7, 11) is 3.03. The van der Waals surface area contributed by atoms with Crippen LogP contribution < -0.4 is 25.8 Å². The molecule has 2 amide bonds. The molecule has 4 N–H and O–H groups in total. The number of carbonyl (C=O) groups excluding carboxylic acids is 2. The molecule has 0 spiro atoms. The fourth-order valence-corrected chi connectivity index (χ4v) is 3.08. The van der Waals surface area contributed by atoms with Crippen molar-refractivity contribution < 1.29 is 19.1 Å². The van der Waals surface area contributed by atoms with Gasteiger partial charge in [0, 0.05) is 18.7 Å². The van der Waals surface area contributed by atoms with Gasteiger partial charge in [-0.25, -0.2) is 0 Å². The highest BCUT2D eigenvalue weighted by Gasteiger charge is 2.26. The van der Waals surface area contributed by atoms with Gasteiger partial charge in [0.05, 0.1) is 7.11 Å². The molecule has 0 radical (unpaired) electrons. The largest absolute Gasteiger partial charge is 0.493 e. The van der Waals surface area contributed by atoms with E-state index in [4.69, 9.17) is 15.2 Å². The summed E-state index contributed by atoms with van der Waals surface area (Å²) in [6.45, 7) is 0.471. The number of hydrogen-bond donors (Lipinski definition) is 3. The Bertz CT molecular complexity index is 606. The number of nitrogens with one attached hydrogen (secondary N) is 2. The van der Waals surface area contributed by atoms with Gasteiger partial charge in [0.1, 0.15) is 0 Å². The first-order valence-corrected chi connectivity index (χ1v) is 8.61. The molecule has 2 rings (SSSR count). The van der Waals surface area contributed by atoms with E-state index in [-0.39, 0.29) is 24.5 Å². The zero-order chi connectivity index (χ0) is 18.2. The number of benzene rings is 1. The summed E-state index contributed by atoms with van der Waals surface area (Å²) in [4.78, 5) is 23.8. The molecule has 0 saturated heterocycles. The molecule has 1 aliphatic rings. The molecular weight excluding hydrogens is 322 g/mol. The molecule has 0 heterocycles. The first-order valence-electron chi connectivity index (χ1n) is 8.61. The zero-order valence-corrected chi connectivity index (χ0v) is 14.8. The monoisotopic (exact) mass is 349 g/mol. The van der Waals surface area contributed by atoms with E-state index in [1.54, 1.807) is 18.2 Å². The van der Waals surface area contributed by atoms with Crippen molar-refractivity contribution >= 4 is 11.8 Å². The third-order valence-corrected chi connectivity index (χ3v) is 4.59. The highest BCUT2D eigenvalue weighted by atomic mass is 16.5. The van der Waals surface area contributed by atoms with E-state index in [1.165, 1.54) is 20.6 Å². The summed E-state index contributed by atoms with van der Waals surface area (Å²) < 4.78 is 10.7. The average Bonchev–Trinajstić information content (AvgIpc) is 2.66. The Hall–Kier alpha value is -2.28. The number of carbonyl (C=O) groups is 2. The van der Waals surface area contributed by atoms with Gasteiger partial charge in [0.15, 0.2) is 18.1 Å². The second-order valence-electron chi connectivity index (χ2n) is 6.19. The summed E-state index contributed by atoms with van der Waals surface area (Å²) >= 11 is 0. The van der Waals surface area contributed by atoms with E-state index < -0.39 is 0 Å². The van der Waals surface area contributed by atoms with Crippen LogP contribution in [0.5, 0.6) is 11.5 Å². The Morgan fingerprint density at radius 3 is 2.68 bits per heavy atom. The molecule has 0 aromatic heterocycles. The molecule has 7 heteroatoms. The van der Waals surface area contributed by atoms with E-state index in [2.05, 4.69) is 10.6 Å². The van der Waals surface area contributed by atoms with Gasteiger partial charge in [-0.15, -0.1) is 0 Å². The molecule has 25 heavy (non-hydrogen) atoms. The van der Waals surface area contributed by atoms with Crippen molar-refractivity contribution in [3.63, 3.8) is 0 Å². The SMILES string of the molecule is CNC(=O)COc1ccc(C(=O)NC2CCCCC2CN)cc1OC. The van der Waals surface area contributed by atoms with Gasteiger partial charge in [0.25, 0.3) is 11.8 Å². The first-order chi connectivity index (χ1) is 12.1. The van der Waals surface area contributed by atoms with Crippen molar-refractivity contribution in [2.75, 3.05) is 27.3 Å². The second-order valence-corrected chi connectivity index (χ2v) is 6.19. The van der Waals surface area contributed by atoms with Crippen molar-refractivity contribution in [1.29, 1.82) is 0 Å². The van der Waals surface area contributed by atoms with Crippen LogP contribution in [0, 0.1) is 5.92 Å². The smallest absolute Gasteiger partial charge is 0.257 e. The number of amides is 2. The minimum atomic E-state index is -0.242. The molecule has 1 fully saturated rings. The van der Waals surface area contributed by atoms with E-state index in [0.29, 0.717) is 29.5 Å². The lowest BCUT2D eigenvalue weighted by Crippen LogP contribution is -2.44. The van der Waals surface area contributed by atoms with Gasteiger partial charge in [-0.2, -0.15) is 0 Å². The molecule has 1 saturated carbocycles. The number of ether oxygens (including phenoxy) is 2. The van der Waals surface area contributed by atoms with Gasteiger partial charge in [0.2, 0.25) is 0 Å². The molecule has 0 aliphatic heterocycles. The molecule has 1 aromatic rings. The lowest BCUT2D eigenvalue weighted by molar-refractivity contribution is -0.122. The first kappa shape index (κ1) is 19.1. The Morgan fingerprint density at radius 2 is 2.00 bits per heavy atom. The molecule has 1 aliphatic carbocycles. The standard InChI is InChI=1S/C18H27N3O4/c1-20-17(22)11-25-15-8-7-12(9-16(15)24-2)18(23)21-14-6-4-3-5-13(14)10-19/h7-9,13-14H,3-6,10-11,19H2,1-2H3,(H,20,22)(H,21,23). The van der Waals surface area contributed by atoms with E-state index in [1.807, 2.05) is 0 Å². The Kier molecular flexibility index (Phi) is 7.06. The maximum absolute atomic E-state index is 12.6. The quantitative estimate of drug-likeness (QED) is 0.683. The molecule has 0 bridgehead atoms. The number of nitrogens with two attached hydrogens (primary N) is 1. The highest BCUT2D eigenvalue weighted by molar-refractivity contribution is 5.95. The van der Waals surface area contributed by atoms with Crippen LogP contribution in [0.25, 0.3) is 0 Å². The van der Waals surface area contributed by atoms with Crippen LogP contribution in [0.15, 0.2) is 18.2 Å². The van der Waals surface area contributed by atoms with Gasteiger partial charge >= 0.3 is 0 Å². The van der Waals surface area contributed by atoms with Crippen LogP contribution in [0.1, 0.15) is 36.0 Å². The topological polar surface area (TPSA) is 103 Å². The summed E-state index contributed by atoms with van der Waals surface area (Å²) in [6.07, 6.45) is 4.28. The maximum atomic E-state index is 12.6. The molecule has 1 aromatic carbocycles. The lowest BCUT2D eigenvalue weighted by atomic mass is 9.84. The van der Waals surface area contributed by atoms with Gasteiger partial charge in [-0.3, -0.25) is 9.59 Å². The normalized spacial score (nSPS) is 19.8. The van der Waals surface area contributed by atoms with Crippen LogP contribution in [0.2, 0.25) is 0 Å². The average molecular weight is 349 g/mol. The van der Waals surface area contributed by atoms with Crippen molar-refractivity contribution in [2.45, 2.75) is 31.7 Å². The van der Waals surface area contributed by atoms with Crippen molar-refractivity contribution in [3.8, 4) is 11.5 Å². The van der Waals surface area contributed by atoms with Crippen LogP contribution in [-0.4, -0.2) is 45.2 Å². The summed E-state index contributed by atoms with van der Waals surface area (Å²) in [6, 6.07) is 5.03. The summed E-state index contributed by atoms with van der Waals surface area (Å²) in [5.41, 5.74) is 6.31. The Labute approximate surface area is 148 Å². The predicted octanol–water partition coefficient (Wildman–Crippen LogP) is 1.07. The van der Waals surface area contributed by atoms with Crippen LogP contribution in [-0.2, 0) is 4.79 Å². The highest BCUT2D eigenvalue weighted by Crippen LogP contribution is 2.29. The molecule has 138 valence electrons. The van der Waals surface area contributed by atoms with Crippen LogP contribution >= 0.6 is 0 Å². The predicted molar refractivity (Wildman–Crippen MR) is 94.8 cm³/mol. The fourth-order valence-electron chi connectivity index (χ4n) is 3.08. The van der Waals surface area contributed by atoms with Gasteiger partial charge in [-0.05, 0) is 43.5 Å². The van der Waals surface area contributed by atoms with Gasteiger partial charge in [-0.1, -0.05) is 12.8 Å².